The summed E-state index contributed by atoms with van der Waals surface area (Å²) in [6.07, 6.45) is -1.81. The van der Waals surface area contributed by atoms with Crippen LogP contribution in [0.5, 0.6) is 5.75 Å². The quantitative estimate of drug-likeness (QED) is 0.150. The highest BCUT2D eigenvalue weighted by atomic mass is 16.7. The fourth-order valence-corrected chi connectivity index (χ4v) is 4.23. The lowest BCUT2D eigenvalue weighted by Crippen LogP contribution is -2.61. The van der Waals surface area contributed by atoms with E-state index >= 15 is 0 Å². The van der Waals surface area contributed by atoms with Gasteiger partial charge in [0.1, 0.15) is 30.7 Å². The highest BCUT2D eigenvalue weighted by Crippen LogP contribution is 2.29. The summed E-state index contributed by atoms with van der Waals surface area (Å²) in [7, 11) is 0. The van der Waals surface area contributed by atoms with E-state index in [2.05, 4.69) is 0 Å². The van der Waals surface area contributed by atoms with Crippen LogP contribution in [-0.4, -0.2) is 81.1 Å². The van der Waals surface area contributed by atoms with Crippen molar-refractivity contribution in [2.75, 3.05) is 6.61 Å². The van der Waals surface area contributed by atoms with E-state index in [4.69, 9.17) is 18.9 Å². The lowest BCUT2D eigenvalue weighted by Gasteiger charge is -2.41. The van der Waals surface area contributed by atoms with Crippen LogP contribution in [0.4, 0.5) is 0 Å². The molecule has 11 nitrogen and oxygen atoms in total. The van der Waals surface area contributed by atoms with E-state index in [-0.39, 0.29) is 12.2 Å². The number of ketones is 1. The molecule has 1 saturated heterocycles. The third kappa shape index (κ3) is 6.64. The van der Waals surface area contributed by atoms with Crippen molar-refractivity contribution in [1.29, 1.82) is 0 Å². The van der Waals surface area contributed by atoms with E-state index in [0.717, 1.165) is 17.7 Å². The monoisotopic (exact) mass is 554 g/mol. The van der Waals surface area contributed by atoms with Crippen molar-refractivity contribution in [2.24, 2.45) is 0 Å². The maximum atomic E-state index is 12.6. The van der Waals surface area contributed by atoms with Gasteiger partial charge in [-0.3, -0.25) is 4.79 Å². The van der Waals surface area contributed by atoms with E-state index < -0.39 is 67.2 Å². The number of benzene rings is 2. The minimum atomic E-state index is -2.37. The van der Waals surface area contributed by atoms with Gasteiger partial charge in [0.25, 0.3) is 0 Å². The lowest BCUT2D eigenvalue weighted by atomic mass is 9.90. The molecule has 4 rings (SSSR count). The van der Waals surface area contributed by atoms with Crippen molar-refractivity contribution < 1.29 is 53.8 Å². The molecular weight excluding hydrogens is 524 g/mol. The Hall–Kier alpha value is -3.87. The Kier molecular flexibility index (Phi) is 9.46. The minimum Gasteiger partial charge on any atom is -0.460 e. The molecule has 0 amide bonds. The Bertz CT molecular complexity index is 1260. The molecule has 2 aromatic carbocycles. The molecule has 2 aliphatic rings. The first kappa shape index (κ1) is 29.1. The Morgan fingerprint density at radius 1 is 1.05 bits per heavy atom. The number of carbonyl (C=O) groups excluding carboxylic acids is 3. The zero-order chi connectivity index (χ0) is 28.7. The van der Waals surface area contributed by atoms with Gasteiger partial charge >= 0.3 is 11.9 Å². The third-order valence-corrected chi connectivity index (χ3v) is 6.50. The number of aliphatic hydroxyl groups excluding tert-OH is 3. The van der Waals surface area contributed by atoms with Gasteiger partial charge in [-0.15, -0.1) is 0 Å². The van der Waals surface area contributed by atoms with Crippen molar-refractivity contribution in [3.05, 3.63) is 84.0 Å². The third-order valence-electron chi connectivity index (χ3n) is 6.50. The van der Waals surface area contributed by atoms with Gasteiger partial charge in [-0.25, -0.2) is 9.59 Å². The van der Waals surface area contributed by atoms with Gasteiger partial charge in [0.2, 0.25) is 11.9 Å². The average molecular weight is 555 g/mol. The molecule has 0 aromatic heterocycles. The standard InChI is InChI=1S/C29H30O11/c30-16-21-24(33)25(34)26(40-23(32)14-13-18-8-2-1-3-9-18)27(39-21)38-20-11-5-4-10-19(20)17-37-28(35)29(36)15-7-6-12-22(29)31/h1-5,7-11,13-15,21,24-27,30,33-34,36H,6,12,16-17H2/b14-13+/t21-,24-,25+,26-,27-,29-/m1/s1. The second kappa shape index (κ2) is 13.0. The van der Waals surface area contributed by atoms with Gasteiger partial charge in [0.15, 0.2) is 11.9 Å². The SMILES string of the molecule is O=C(/C=C/c1ccccc1)O[C@H]1[C@H](Oc2ccccc2COC(=O)[C@@]2(O)C=CCCC2=O)O[C@H](CO)[C@@H](O)[C@@H]1O. The molecule has 0 unspecified atom stereocenters. The first-order valence-electron chi connectivity index (χ1n) is 12.6. The second-order valence-corrected chi connectivity index (χ2v) is 9.28. The Balaban J connectivity index is 1.50. The molecule has 212 valence electrons. The molecule has 0 saturated carbocycles. The Labute approximate surface area is 229 Å². The van der Waals surface area contributed by atoms with Crippen molar-refractivity contribution in [1.82, 2.24) is 0 Å². The predicted molar refractivity (Wildman–Crippen MR) is 138 cm³/mol. The maximum Gasteiger partial charge on any atom is 0.350 e. The predicted octanol–water partition coefficient (Wildman–Crippen LogP) is 0.823. The summed E-state index contributed by atoms with van der Waals surface area (Å²) in [6, 6.07) is 15.2. The number of aliphatic hydroxyl groups is 4. The van der Waals surface area contributed by atoms with Gasteiger partial charge in [0, 0.05) is 18.1 Å². The Morgan fingerprint density at radius 3 is 2.50 bits per heavy atom. The topological polar surface area (TPSA) is 169 Å². The maximum absolute atomic E-state index is 12.6. The van der Waals surface area contributed by atoms with Crippen LogP contribution in [0, 0.1) is 0 Å². The van der Waals surface area contributed by atoms with Gasteiger partial charge in [-0.05, 0) is 30.2 Å². The summed E-state index contributed by atoms with van der Waals surface area (Å²) in [5.74, 6) is -2.57. The summed E-state index contributed by atoms with van der Waals surface area (Å²) in [6.45, 7) is -1.06. The molecule has 0 bridgehead atoms. The number of carbonyl (C=O) groups is 3. The van der Waals surface area contributed by atoms with E-state index in [9.17, 15) is 34.8 Å². The summed E-state index contributed by atoms with van der Waals surface area (Å²) in [4.78, 5) is 37.2. The van der Waals surface area contributed by atoms with Crippen molar-refractivity contribution in [3.8, 4) is 5.75 Å². The molecule has 0 radical (unpaired) electrons. The molecule has 0 spiro atoms. The number of Topliss-reactive ketones (excluding diaryl/α,β-unsaturated/α-hetero) is 1. The lowest BCUT2D eigenvalue weighted by molar-refractivity contribution is -0.281. The number of hydrogen-bond donors (Lipinski definition) is 4. The summed E-state index contributed by atoms with van der Waals surface area (Å²) < 4.78 is 22.1. The molecule has 1 aliphatic carbocycles. The van der Waals surface area contributed by atoms with Crippen LogP contribution < -0.4 is 4.74 Å². The van der Waals surface area contributed by atoms with Crippen molar-refractivity contribution >= 4 is 23.8 Å². The molecule has 1 fully saturated rings. The van der Waals surface area contributed by atoms with E-state index in [1.165, 1.54) is 18.2 Å². The van der Waals surface area contributed by atoms with Gasteiger partial charge in [-0.1, -0.05) is 54.6 Å². The van der Waals surface area contributed by atoms with E-state index in [1.807, 2.05) is 6.07 Å². The van der Waals surface area contributed by atoms with E-state index in [0.29, 0.717) is 12.0 Å². The van der Waals surface area contributed by atoms with Gasteiger partial charge < -0.3 is 39.4 Å². The van der Waals surface area contributed by atoms with Crippen LogP contribution in [0.1, 0.15) is 24.0 Å². The van der Waals surface area contributed by atoms with Gasteiger partial charge in [-0.2, -0.15) is 0 Å². The number of esters is 2. The second-order valence-electron chi connectivity index (χ2n) is 9.28. The number of para-hydroxylation sites is 1. The molecule has 6 atom stereocenters. The summed E-state index contributed by atoms with van der Waals surface area (Å²) in [5.41, 5.74) is -1.35. The number of rotatable bonds is 9. The molecule has 4 N–H and O–H groups in total. The van der Waals surface area contributed by atoms with Crippen LogP contribution in [0.3, 0.4) is 0 Å². The average Bonchev–Trinajstić information content (AvgIpc) is 2.97. The fraction of sp³-hybridized carbons (Fsp3) is 0.345. The largest absolute Gasteiger partial charge is 0.460 e. The highest BCUT2D eigenvalue weighted by Gasteiger charge is 2.48. The normalized spacial score (nSPS) is 28.3. The molecule has 40 heavy (non-hydrogen) atoms. The first-order chi connectivity index (χ1) is 19.2. The Morgan fingerprint density at radius 2 is 1.77 bits per heavy atom. The molecule has 11 heteroatoms. The smallest absolute Gasteiger partial charge is 0.350 e. The van der Waals surface area contributed by atoms with Gasteiger partial charge in [0.05, 0.1) is 6.61 Å². The fourth-order valence-electron chi connectivity index (χ4n) is 4.23. The van der Waals surface area contributed by atoms with Crippen molar-refractivity contribution in [3.63, 3.8) is 0 Å². The minimum absolute atomic E-state index is 0.00165. The number of ether oxygens (including phenoxy) is 4. The summed E-state index contributed by atoms with van der Waals surface area (Å²) in [5, 5.41) is 41.2. The molecular formula is C29H30O11. The van der Waals surface area contributed by atoms with Crippen LogP contribution in [0.2, 0.25) is 0 Å². The highest BCUT2D eigenvalue weighted by molar-refractivity contribution is 6.09. The number of hydrogen-bond acceptors (Lipinski definition) is 11. The van der Waals surface area contributed by atoms with Crippen molar-refractivity contribution in [2.45, 2.75) is 55.8 Å². The first-order valence-corrected chi connectivity index (χ1v) is 12.6. The zero-order valence-corrected chi connectivity index (χ0v) is 21.4. The van der Waals surface area contributed by atoms with Crippen LogP contribution in [0.25, 0.3) is 6.08 Å². The van der Waals surface area contributed by atoms with Crippen LogP contribution >= 0.6 is 0 Å². The van der Waals surface area contributed by atoms with E-state index in [1.54, 1.807) is 42.5 Å². The number of allylic oxidation sites excluding steroid dienone is 1. The molecule has 2 aromatic rings. The summed E-state index contributed by atoms with van der Waals surface area (Å²) >= 11 is 0. The molecule has 1 aliphatic heterocycles. The zero-order valence-electron chi connectivity index (χ0n) is 21.4. The van der Waals surface area contributed by atoms with Crippen LogP contribution in [0.15, 0.2) is 72.8 Å². The van der Waals surface area contributed by atoms with Crippen LogP contribution in [-0.2, 0) is 35.2 Å². The molecule has 1 heterocycles.